The second-order valence-electron chi connectivity index (χ2n) is 6.08. The number of Topliss-reactive ketones (excluding diaryl/α,β-unsaturated/α-hetero) is 1. The van der Waals surface area contributed by atoms with E-state index in [-0.39, 0.29) is 24.7 Å². The minimum atomic E-state index is -4.38. The van der Waals surface area contributed by atoms with Crippen LogP contribution in [0.1, 0.15) is 16.7 Å². The molecular weight excluding hydrogens is 331 g/mol. The molecule has 0 amide bonds. The van der Waals surface area contributed by atoms with Crippen LogP contribution in [0.4, 0.5) is 13.2 Å². The van der Waals surface area contributed by atoms with Crippen molar-refractivity contribution in [1.29, 1.82) is 0 Å². The molecule has 1 aliphatic heterocycles. The van der Waals surface area contributed by atoms with Crippen LogP contribution in [-0.4, -0.2) is 30.4 Å². The van der Waals surface area contributed by atoms with Crippen LogP contribution in [0.25, 0.3) is 0 Å². The molecule has 0 saturated carbocycles. The highest BCUT2D eigenvalue weighted by molar-refractivity contribution is 5.82. The molecule has 1 aliphatic rings. The van der Waals surface area contributed by atoms with Gasteiger partial charge in [-0.3, -0.25) is 9.69 Å². The van der Waals surface area contributed by atoms with Crippen molar-refractivity contribution in [2.45, 2.75) is 19.1 Å². The molecule has 0 atom stereocenters. The fraction of sp³-hybridized carbons (Fsp3) is 0.316. The lowest BCUT2D eigenvalue weighted by molar-refractivity contribution is -0.137. The van der Waals surface area contributed by atoms with Gasteiger partial charge in [-0.1, -0.05) is 24.3 Å². The van der Waals surface area contributed by atoms with Gasteiger partial charge in [0.25, 0.3) is 0 Å². The van der Waals surface area contributed by atoms with Gasteiger partial charge < -0.3 is 4.74 Å². The number of alkyl halides is 3. The fourth-order valence-electron chi connectivity index (χ4n) is 2.89. The molecule has 0 N–H and O–H groups in total. The van der Waals surface area contributed by atoms with Gasteiger partial charge in [-0.15, -0.1) is 0 Å². The van der Waals surface area contributed by atoms with Gasteiger partial charge >= 0.3 is 6.18 Å². The summed E-state index contributed by atoms with van der Waals surface area (Å²) >= 11 is 0. The molecule has 0 bridgehead atoms. The Hall–Kier alpha value is -2.34. The van der Waals surface area contributed by atoms with Crippen LogP contribution < -0.4 is 4.74 Å². The van der Waals surface area contributed by atoms with E-state index in [1.165, 1.54) is 23.3 Å². The van der Waals surface area contributed by atoms with Gasteiger partial charge in [-0.25, -0.2) is 0 Å². The van der Waals surface area contributed by atoms with Gasteiger partial charge in [0.1, 0.15) is 12.4 Å². The number of rotatable bonds is 5. The van der Waals surface area contributed by atoms with Gasteiger partial charge in [0.15, 0.2) is 5.78 Å². The maximum Gasteiger partial charge on any atom is 0.416 e. The SMILES string of the molecule is O=C(COc1ccc(C(F)(F)F)cc1)CN1CCc2ccccc2C1. The Morgan fingerprint density at radius 2 is 1.72 bits per heavy atom. The van der Waals surface area contributed by atoms with Crippen LogP contribution >= 0.6 is 0 Å². The standard InChI is InChI=1S/C19H18F3NO2/c20-19(21,22)16-5-7-18(8-6-16)25-13-17(24)12-23-10-9-14-3-1-2-4-15(14)11-23/h1-8H,9-13H2. The number of fused-ring (bicyclic) bond motifs is 1. The average Bonchev–Trinajstić information content (AvgIpc) is 2.59. The Kier molecular flexibility index (Phi) is 5.08. The first-order valence-electron chi connectivity index (χ1n) is 8.03. The van der Waals surface area contributed by atoms with E-state index in [2.05, 4.69) is 17.0 Å². The Bertz CT molecular complexity index is 741. The molecule has 0 radical (unpaired) electrons. The Balaban J connectivity index is 1.49. The number of carbonyl (C=O) groups excluding carboxylic acids is 1. The van der Waals surface area contributed by atoms with E-state index in [9.17, 15) is 18.0 Å². The summed E-state index contributed by atoms with van der Waals surface area (Å²) in [6, 6.07) is 12.5. The first-order valence-corrected chi connectivity index (χ1v) is 8.03. The van der Waals surface area contributed by atoms with Crippen molar-refractivity contribution >= 4 is 5.78 Å². The predicted molar refractivity (Wildman–Crippen MR) is 87.4 cm³/mol. The number of nitrogens with zero attached hydrogens (tertiary/aromatic N) is 1. The zero-order chi connectivity index (χ0) is 17.9. The van der Waals surface area contributed by atoms with Gasteiger partial charge in [0.2, 0.25) is 0 Å². The number of carbonyl (C=O) groups is 1. The normalized spacial score (nSPS) is 14.8. The highest BCUT2D eigenvalue weighted by Gasteiger charge is 2.30. The third-order valence-electron chi connectivity index (χ3n) is 4.19. The number of benzene rings is 2. The van der Waals surface area contributed by atoms with Crippen molar-refractivity contribution in [3.8, 4) is 5.75 Å². The number of halogens is 3. The van der Waals surface area contributed by atoms with E-state index in [1.807, 2.05) is 12.1 Å². The Morgan fingerprint density at radius 3 is 2.40 bits per heavy atom. The summed E-state index contributed by atoms with van der Waals surface area (Å²) in [4.78, 5) is 14.1. The lowest BCUT2D eigenvalue weighted by Gasteiger charge is -2.28. The van der Waals surface area contributed by atoms with Crippen LogP contribution in [0, 0.1) is 0 Å². The molecule has 0 saturated heterocycles. The molecule has 3 rings (SSSR count). The first-order chi connectivity index (χ1) is 11.9. The largest absolute Gasteiger partial charge is 0.486 e. The van der Waals surface area contributed by atoms with E-state index >= 15 is 0 Å². The zero-order valence-corrected chi connectivity index (χ0v) is 13.6. The second-order valence-corrected chi connectivity index (χ2v) is 6.08. The Labute approximate surface area is 144 Å². The summed E-state index contributed by atoms with van der Waals surface area (Å²) in [5.41, 5.74) is 1.80. The van der Waals surface area contributed by atoms with Crippen molar-refractivity contribution in [3.05, 3.63) is 65.2 Å². The molecule has 2 aromatic carbocycles. The smallest absolute Gasteiger partial charge is 0.416 e. The molecule has 0 aliphatic carbocycles. The summed E-state index contributed by atoms with van der Waals surface area (Å²) < 4.78 is 42.8. The highest BCUT2D eigenvalue weighted by Crippen LogP contribution is 2.30. The molecule has 6 heteroatoms. The predicted octanol–water partition coefficient (Wildman–Crippen LogP) is 3.71. The summed E-state index contributed by atoms with van der Waals surface area (Å²) in [5, 5.41) is 0. The first kappa shape index (κ1) is 17.5. The monoisotopic (exact) mass is 349 g/mol. The van der Waals surface area contributed by atoms with E-state index in [0.717, 1.165) is 31.6 Å². The van der Waals surface area contributed by atoms with Gasteiger partial charge in [-0.05, 0) is 41.8 Å². The van der Waals surface area contributed by atoms with E-state index in [0.29, 0.717) is 0 Å². The molecule has 2 aromatic rings. The highest BCUT2D eigenvalue weighted by atomic mass is 19.4. The lowest BCUT2D eigenvalue weighted by Crippen LogP contribution is -2.36. The minimum absolute atomic E-state index is 0.0979. The van der Waals surface area contributed by atoms with Crippen molar-refractivity contribution in [3.63, 3.8) is 0 Å². The van der Waals surface area contributed by atoms with Crippen LogP contribution in [0.5, 0.6) is 5.75 Å². The molecule has 0 aromatic heterocycles. The molecule has 25 heavy (non-hydrogen) atoms. The van der Waals surface area contributed by atoms with Crippen LogP contribution in [0.2, 0.25) is 0 Å². The lowest BCUT2D eigenvalue weighted by atomic mass is 10.00. The summed E-state index contributed by atoms with van der Waals surface area (Å²) in [5.74, 6) is 0.157. The molecule has 132 valence electrons. The fourth-order valence-corrected chi connectivity index (χ4v) is 2.89. The quantitative estimate of drug-likeness (QED) is 0.824. The van der Waals surface area contributed by atoms with Gasteiger partial charge in [0, 0.05) is 13.1 Å². The molecular formula is C19H18F3NO2. The third kappa shape index (κ3) is 4.60. The van der Waals surface area contributed by atoms with Gasteiger partial charge in [-0.2, -0.15) is 13.2 Å². The maximum absolute atomic E-state index is 12.5. The van der Waals surface area contributed by atoms with Crippen LogP contribution in [0.3, 0.4) is 0 Å². The number of ether oxygens (including phenoxy) is 1. The van der Waals surface area contributed by atoms with Crippen molar-refractivity contribution in [2.24, 2.45) is 0 Å². The number of hydrogen-bond donors (Lipinski definition) is 0. The molecule has 0 fully saturated rings. The maximum atomic E-state index is 12.5. The number of hydrogen-bond acceptors (Lipinski definition) is 3. The molecule has 3 nitrogen and oxygen atoms in total. The summed E-state index contributed by atoms with van der Waals surface area (Å²) in [6.07, 6.45) is -3.47. The van der Waals surface area contributed by atoms with E-state index in [1.54, 1.807) is 0 Å². The molecule has 1 heterocycles. The van der Waals surface area contributed by atoms with E-state index in [4.69, 9.17) is 4.74 Å². The summed E-state index contributed by atoms with van der Waals surface area (Å²) in [7, 11) is 0. The van der Waals surface area contributed by atoms with E-state index < -0.39 is 11.7 Å². The molecule has 0 spiro atoms. The second kappa shape index (κ2) is 7.27. The number of ketones is 1. The summed E-state index contributed by atoms with van der Waals surface area (Å²) in [6.45, 7) is 1.66. The van der Waals surface area contributed by atoms with Crippen LogP contribution in [0.15, 0.2) is 48.5 Å². The van der Waals surface area contributed by atoms with Crippen molar-refractivity contribution in [2.75, 3.05) is 19.7 Å². The van der Waals surface area contributed by atoms with Crippen LogP contribution in [-0.2, 0) is 23.9 Å². The average molecular weight is 349 g/mol. The minimum Gasteiger partial charge on any atom is -0.486 e. The van der Waals surface area contributed by atoms with Crippen molar-refractivity contribution < 1.29 is 22.7 Å². The Morgan fingerprint density at radius 1 is 1.04 bits per heavy atom. The van der Waals surface area contributed by atoms with Gasteiger partial charge in [0.05, 0.1) is 12.1 Å². The topological polar surface area (TPSA) is 29.5 Å². The molecule has 0 unspecified atom stereocenters. The third-order valence-corrected chi connectivity index (χ3v) is 4.19. The zero-order valence-electron chi connectivity index (χ0n) is 13.6. The van der Waals surface area contributed by atoms with Crippen molar-refractivity contribution in [1.82, 2.24) is 4.90 Å².